The van der Waals surface area contributed by atoms with E-state index in [9.17, 15) is 16.8 Å². The van der Waals surface area contributed by atoms with Crippen molar-refractivity contribution in [2.45, 2.75) is 58.0 Å². The van der Waals surface area contributed by atoms with Crippen LogP contribution >= 0.6 is 0 Å². The van der Waals surface area contributed by atoms with Gasteiger partial charge in [0.25, 0.3) is 0 Å². The highest BCUT2D eigenvalue weighted by atomic mass is 32.2. The van der Waals surface area contributed by atoms with Crippen LogP contribution in [0.25, 0.3) is 0 Å². The molecule has 1 aliphatic rings. The molecule has 0 saturated carbocycles. The SMILES string of the molecule is CCN(CC)S(=O)(=O)c1c(C)nn(CN2CCN(S(=O)(=O)c3cc(C)ccc3C)CC2)c1C. The second kappa shape index (κ2) is 9.83. The fraction of sp³-hybridized carbons (Fsp3) is 0.591. The minimum absolute atomic E-state index is 0.266. The molecule has 0 atom stereocenters. The summed E-state index contributed by atoms with van der Waals surface area (Å²) in [5.74, 6) is 0. The highest BCUT2D eigenvalue weighted by Crippen LogP contribution is 2.25. The van der Waals surface area contributed by atoms with Gasteiger partial charge >= 0.3 is 0 Å². The Labute approximate surface area is 198 Å². The van der Waals surface area contributed by atoms with Crippen LogP contribution in [0.1, 0.15) is 36.4 Å². The Morgan fingerprint density at radius 3 is 2.12 bits per heavy atom. The number of piperazine rings is 1. The Balaban J connectivity index is 1.74. The number of aryl methyl sites for hydroxylation is 3. The molecule has 2 aromatic rings. The third-order valence-corrected chi connectivity index (χ3v) is 10.6. The fourth-order valence-electron chi connectivity index (χ4n) is 4.31. The van der Waals surface area contributed by atoms with Crippen molar-refractivity contribution in [3.63, 3.8) is 0 Å². The molecule has 2 heterocycles. The lowest BCUT2D eigenvalue weighted by molar-refractivity contribution is 0.144. The summed E-state index contributed by atoms with van der Waals surface area (Å²) < 4.78 is 57.2. The zero-order chi connectivity index (χ0) is 24.6. The van der Waals surface area contributed by atoms with E-state index >= 15 is 0 Å². The zero-order valence-electron chi connectivity index (χ0n) is 20.4. The maximum absolute atomic E-state index is 13.2. The molecule has 0 aliphatic carbocycles. The molecule has 0 bridgehead atoms. The molecule has 33 heavy (non-hydrogen) atoms. The minimum atomic E-state index is -3.61. The molecule has 184 valence electrons. The maximum atomic E-state index is 13.2. The number of benzene rings is 1. The number of hydrogen-bond donors (Lipinski definition) is 0. The maximum Gasteiger partial charge on any atom is 0.246 e. The van der Waals surface area contributed by atoms with Crippen LogP contribution in [0.4, 0.5) is 0 Å². The third-order valence-electron chi connectivity index (χ3n) is 6.25. The third kappa shape index (κ3) is 5.02. The number of hydrogen-bond acceptors (Lipinski definition) is 6. The minimum Gasteiger partial charge on any atom is -0.282 e. The Kier molecular flexibility index (Phi) is 7.69. The van der Waals surface area contributed by atoms with Gasteiger partial charge in [-0.05, 0) is 44.9 Å². The van der Waals surface area contributed by atoms with E-state index < -0.39 is 20.0 Å². The van der Waals surface area contributed by atoms with E-state index in [2.05, 4.69) is 10.00 Å². The molecule has 0 N–H and O–H groups in total. The lowest BCUT2D eigenvalue weighted by Gasteiger charge is -2.34. The van der Waals surface area contributed by atoms with Gasteiger partial charge in [0.1, 0.15) is 4.90 Å². The molecular formula is C22H35N5O4S2. The molecule has 1 aliphatic heterocycles. The summed E-state index contributed by atoms with van der Waals surface area (Å²) in [6.07, 6.45) is 0. The van der Waals surface area contributed by atoms with Crippen molar-refractivity contribution in [2.75, 3.05) is 39.3 Å². The molecule has 1 aromatic heterocycles. The van der Waals surface area contributed by atoms with Crippen LogP contribution in [-0.2, 0) is 26.7 Å². The molecule has 0 unspecified atom stereocenters. The summed E-state index contributed by atoms with van der Waals surface area (Å²) in [7, 11) is -7.16. The van der Waals surface area contributed by atoms with E-state index in [-0.39, 0.29) is 4.90 Å². The van der Waals surface area contributed by atoms with Crippen molar-refractivity contribution in [1.82, 2.24) is 23.3 Å². The van der Waals surface area contributed by atoms with Crippen LogP contribution < -0.4 is 0 Å². The summed E-state index contributed by atoms with van der Waals surface area (Å²) in [6.45, 7) is 13.9. The molecule has 0 spiro atoms. The normalized spacial score (nSPS) is 16.6. The first-order valence-electron chi connectivity index (χ1n) is 11.3. The molecule has 0 amide bonds. The van der Waals surface area contributed by atoms with Gasteiger partial charge in [-0.25, -0.2) is 16.8 Å². The summed E-state index contributed by atoms with van der Waals surface area (Å²) in [4.78, 5) is 2.73. The van der Waals surface area contributed by atoms with Crippen molar-refractivity contribution in [3.05, 3.63) is 40.7 Å². The van der Waals surface area contributed by atoms with E-state index in [1.165, 1.54) is 8.61 Å². The fourth-order valence-corrected chi connectivity index (χ4v) is 7.87. The van der Waals surface area contributed by atoms with Gasteiger partial charge in [-0.3, -0.25) is 9.58 Å². The van der Waals surface area contributed by atoms with Gasteiger partial charge in [-0.1, -0.05) is 26.0 Å². The Hall–Kier alpha value is -1.79. The van der Waals surface area contributed by atoms with E-state index in [0.29, 0.717) is 62.2 Å². The molecule has 1 fully saturated rings. The predicted molar refractivity (Wildman–Crippen MR) is 128 cm³/mol. The van der Waals surface area contributed by atoms with Crippen LogP contribution in [-0.4, -0.2) is 79.4 Å². The van der Waals surface area contributed by atoms with Gasteiger partial charge in [-0.15, -0.1) is 0 Å². The highest BCUT2D eigenvalue weighted by Gasteiger charge is 2.32. The first-order chi connectivity index (χ1) is 15.4. The quantitative estimate of drug-likeness (QED) is 0.554. The number of aromatic nitrogens is 2. The molecule has 9 nitrogen and oxygen atoms in total. The molecule has 3 rings (SSSR count). The second-order valence-corrected chi connectivity index (χ2v) is 12.3. The summed E-state index contributed by atoms with van der Waals surface area (Å²) in [6, 6.07) is 5.48. The molecule has 1 aromatic carbocycles. The van der Waals surface area contributed by atoms with E-state index in [4.69, 9.17) is 0 Å². The average Bonchev–Trinajstić information content (AvgIpc) is 3.04. The Morgan fingerprint density at radius 2 is 1.55 bits per heavy atom. The first kappa shape index (κ1) is 25.8. The van der Waals surface area contributed by atoms with E-state index in [1.54, 1.807) is 24.6 Å². The van der Waals surface area contributed by atoms with Crippen molar-refractivity contribution in [3.8, 4) is 0 Å². The van der Waals surface area contributed by atoms with Crippen molar-refractivity contribution in [1.29, 1.82) is 0 Å². The lowest BCUT2D eigenvalue weighted by Crippen LogP contribution is -2.49. The van der Waals surface area contributed by atoms with Crippen molar-refractivity contribution in [2.24, 2.45) is 0 Å². The van der Waals surface area contributed by atoms with Crippen molar-refractivity contribution < 1.29 is 16.8 Å². The first-order valence-corrected chi connectivity index (χ1v) is 14.1. The van der Waals surface area contributed by atoms with Gasteiger partial charge in [0.05, 0.1) is 23.0 Å². The zero-order valence-corrected chi connectivity index (χ0v) is 22.0. The Morgan fingerprint density at radius 1 is 0.939 bits per heavy atom. The van der Waals surface area contributed by atoms with Crippen LogP contribution in [0.5, 0.6) is 0 Å². The largest absolute Gasteiger partial charge is 0.282 e. The van der Waals surface area contributed by atoms with Gasteiger partial charge in [-0.2, -0.15) is 13.7 Å². The number of sulfonamides is 2. The average molecular weight is 498 g/mol. The Bertz CT molecular complexity index is 1210. The topological polar surface area (TPSA) is 95.8 Å². The van der Waals surface area contributed by atoms with Crippen LogP contribution in [0.3, 0.4) is 0 Å². The second-order valence-electron chi connectivity index (χ2n) is 8.52. The smallest absolute Gasteiger partial charge is 0.246 e. The van der Waals surface area contributed by atoms with Gasteiger partial charge < -0.3 is 0 Å². The van der Waals surface area contributed by atoms with Crippen LogP contribution in [0, 0.1) is 27.7 Å². The standard InChI is InChI=1S/C22H35N5O4S2/c1-7-25(8-2)33(30,31)22-19(5)23-27(20(22)6)16-24-11-13-26(14-12-24)32(28,29)21-15-17(3)9-10-18(21)4/h9-10,15H,7-8,11-14,16H2,1-6H3. The van der Waals surface area contributed by atoms with E-state index in [1.807, 2.05) is 39.8 Å². The van der Waals surface area contributed by atoms with Crippen LogP contribution in [0.15, 0.2) is 28.0 Å². The summed E-state index contributed by atoms with van der Waals surface area (Å²) >= 11 is 0. The highest BCUT2D eigenvalue weighted by molar-refractivity contribution is 7.89. The molecule has 1 saturated heterocycles. The molecule has 11 heteroatoms. The van der Waals surface area contributed by atoms with Gasteiger partial charge in [0.15, 0.2) is 0 Å². The molecular weight excluding hydrogens is 462 g/mol. The summed E-state index contributed by atoms with van der Waals surface area (Å²) in [5, 5.41) is 4.50. The van der Waals surface area contributed by atoms with Gasteiger partial charge in [0, 0.05) is 39.3 Å². The van der Waals surface area contributed by atoms with Gasteiger partial charge in [0.2, 0.25) is 20.0 Å². The van der Waals surface area contributed by atoms with E-state index in [0.717, 1.165) is 11.1 Å². The van der Waals surface area contributed by atoms with Crippen LogP contribution in [0.2, 0.25) is 0 Å². The lowest BCUT2D eigenvalue weighted by atomic mass is 10.2. The number of nitrogens with zero attached hydrogens (tertiary/aromatic N) is 5. The summed E-state index contributed by atoms with van der Waals surface area (Å²) in [5.41, 5.74) is 2.74. The monoisotopic (exact) mass is 497 g/mol. The predicted octanol–water partition coefficient (Wildman–Crippen LogP) is 2.11. The van der Waals surface area contributed by atoms with Crippen molar-refractivity contribution >= 4 is 20.0 Å². The number of rotatable bonds is 8. The molecule has 0 radical (unpaired) electrons.